The molecule has 0 bridgehead atoms. The summed E-state index contributed by atoms with van der Waals surface area (Å²) in [6, 6.07) is 6.42. The molecule has 1 aliphatic rings. The Morgan fingerprint density at radius 3 is 2.62 bits per heavy atom. The lowest BCUT2D eigenvalue weighted by atomic mass is 10.1. The van der Waals surface area contributed by atoms with Crippen molar-refractivity contribution in [3.63, 3.8) is 0 Å². The molecule has 1 unspecified atom stereocenters. The lowest BCUT2D eigenvalue weighted by Gasteiger charge is -2.37. The van der Waals surface area contributed by atoms with Crippen LogP contribution in [0.5, 0.6) is 0 Å². The van der Waals surface area contributed by atoms with Gasteiger partial charge in [-0.2, -0.15) is 0 Å². The average Bonchev–Trinajstić information content (AvgIpc) is 3.15. The first kappa shape index (κ1) is 26.7. The molecule has 3 rings (SSSR count). The van der Waals surface area contributed by atoms with Crippen LogP contribution in [0.4, 0.5) is 5.69 Å². The number of hydrogen-bond donors (Lipinski definition) is 1. The van der Waals surface area contributed by atoms with Crippen LogP contribution < -0.4 is 11.2 Å². The van der Waals surface area contributed by atoms with E-state index in [0.29, 0.717) is 15.6 Å². The topological polar surface area (TPSA) is 126 Å². The van der Waals surface area contributed by atoms with Crippen molar-refractivity contribution in [1.29, 1.82) is 0 Å². The van der Waals surface area contributed by atoms with Crippen LogP contribution in [0.2, 0.25) is 18.1 Å². The summed E-state index contributed by atoms with van der Waals surface area (Å²) in [5.41, 5.74) is -0.588. The molecule has 1 fully saturated rings. The highest BCUT2D eigenvalue weighted by Crippen LogP contribution is 2.38. The molecule has 1 aromatic carbocycles. The smallest absolute Gasteiger partial charge is 0.330 e. The van der Waals surface area contributed by atoms with Crippen LogP contribution in [-0.4, -0.2) is 41.6 Å². The molecular weight excluding hydrogens is 573 g/mol. The van der Waals surface area contributed by atoms with E-state index >= 15 is 0 Å². The van der Waals surface area contributed by atoms with Crippen molar-refractivity contribution in [2.24, 2.45) is 0 Å². The third-order valence-corrected chi connectivity index (χ3v) is 11.7. The zero-order valence-electron chi connectivity index (χ0n) is 19.9. The Kier molecular flexibility index (Phi) is 8.17. The van der Waals surface area contributed by atoms with Crippen molar-refractivity contribution < 1.29 is 18.8 Å². The molecule has 0 amide bonds. The summed E-state index contributed by atoms with van der Waals surface area (Å²) in [7, 11) is -2.08. The van der Waals surface area contributed by atoms with Crippen LogP contribution >= 0.6 is 22.6 Å². The number of H-pyrrole nitrogens is 1. The number of nitro benzene ring substituents is 1. The highest BCUT2D eigenvalue weighted by molar-refractivity contribution is 14.1. The Bertz CT molecular complexity index is 1160. The average molecular weight is 603 g/mol. The molecule has 12 heteroatoms. The van der Waals surface area contributed by atoms with E-state index in [1.807, 2.05) is 22.6 Å². The van der Waals surface area contributed by atoms with Crippen LogP contribution in [0, 0.1) is 13.7 Å². The molecule has 186 valence electrons. The summed E-state index contributed by atoms with van der Waals surface area (Å²) < 4.78 is 20.4. The van der Waals surface area contributed by atoms with Crippen molar-refractivity contribution in [3.8, 4) is 0 Å². The third-order valence-electron chi connectivity index (χ3n) is 6.47. The van der Waals surface area contributed by atoms with Gasteiger partial charge in [-0.15, -0.1) is 0 Å². The van der Waals surface area contributed by atoms with E-state index < -0.39 is 42.9 Å². The molecule has 1 saturated heterocycles. The maximum Gasteiger partial charge on any atom is 0.330 e. The van der Waals surface area contributed by atoms with Crippen molar-refractivity contribution in [3.05, 3.63) is 70.5 Å². The Balaban J connectivity index is 1.83. The van der Waals surface area contributed by atoms with Gasteiger partial charge in [0.25, 0.3) is 11.2 Å². The van der Waals surface area contributed by atoms with Crippen molar-refractivity contribution in [2.45, 2.75) is 70.4 Å². The second-order valence-electron chi connectivity index (χ2n) is 9.82. The molecule has 3 atom stereocenters. The van der Waals surface area contributed by atoms with Crippen LogP contribution in [-0.2, 0) is 20.5 Å². The number of nitrogens with one attached hydrogen (secondary N) is 1. The zero-order valence-corrected chi connectivity index (χ0v) is 23.0. The number of hydrogen-bond acceptors (Lipinski definition) is 7. The maximum absolute atomic E-state index is 12.4. The first-order valence-corrected chi connectivity index (χ1v) is 14.9. The zero-order chi connectivity index (χ0) is 25.3. The Hall–Kier alpha value is -1.87. The van der Waals surface area contributed by atoms with Gasteiger partial charge in [-0.25, -0.2) is 4.79 Å². The first-order valence-electron chi connectivity index (χ1n) is 10.9. The highest BCUT2D eigenvalue weighted by atomic mass is 127. The predicted molar refractivity (Wildman–Crippen MR) is 137 cm³/mol. The fraction of sp³-hybridized carbons (Fsp3) is 0.545. The molecule has 2 heterocycles. The predicted octanol–water partition coefficient (Wildman–Crippen LogP) is 3.94. The van der Waals surface area contributed by atoms with Crippen LogP contribution in [0.15, 0.2) is 40.1 Å². The normalized spacial score (nSPS) is 21.1. The molecule has 34 heavy (non-hydrogen) atoms. The Morgan fingerprint density at radius 2 is 1.97 bits per heavy atom. The van der Waals surface area contributed by atoms with Gasteiger partial charge in [-0.3, -0.25) is 24.5 Å². The summed E-state index contributed by atoms with van der Waals surface area (Å²) in [5.74, 6) is 0. The highest BCUT2D eigenvalue weighted by Gasteiger charge is 2.42. The number of nitrogens with zero attached hydrogens (tertiary/aromatic N) is 2. The molecule has 1 N–H and O–H groups in total. The van der Waals surface area contributed by atoms with E-state index in [1.165, 1.54) is 16.8 Å². The second kappa shape index (κ2) is 10.4. The second-order valence-corrected chi connectivity index (χ2v) is 15.8. The van der Waals surface area contributed by atoms with Crippen LogP contribution in [0.3, 0.4) is 0 Å². The van der Waals surface area contributed by atoms with Gasteiger partial charge in [0.2, 0.25) is 0 Å². The fourth-order valence-corrected chi connectivity index (χ4v) is 4.83. The molecule has 0 radical (unpaired) electrons. The van der Waals surface area contributed by atoms with Gasteiger partial charge in [-0.05, 0) is 46.8 Å². The van der Waals surface area contributed by atoms with Crippen molar-refractivity contribution >= 4 is 36.6 Å². The number of aromatic amines is 1. The Morgan fingerprint density at radius 1 is 1.29 bits per heavy atom. The molecule has 2 aromatic rings. The number of benzene rings is 1. The van der Waals surface area contributed by atoms with Gasteiger partial charge in [0.1, 0.15) is 12.3 Å². The standard InChI is InChI=1S/C22H30IN3O7Si/c1-22(2,3)34(4,5)32-13-18-17(31-12-14-8-6-7-9-16(14)26(29)30)10-19(33-18)25-11-15(23)20(27)24-21(25)28/h6-9,11,17-19H,10,12-13H2,1-5H3,(H,24,27,28)/t17?,18-,19-/m1/s1. The molecule has 0 saturated carbocycles. The van der Waals surface area contributed by atoms with Gasteiger partial charge >= 0.3 is 5.69 Å². The van der Waals surface area contributed by atoms with E-state index in [-0.39, 0.29) is 23.9 Å². The lowest BCUT2D eigenvalue weighted by Crippen LogP contribution is -2.44. The minimum atomic E-state index is -2.08. The summed E-state index contributed by atoms with van der Waals surface area (Å²) in [4.78, 5) is 37.4. The summed E-state index contributed by atoms with van der Waals surface area (Å²) in [5, 5.41) is 11.4. The van der Waals surface area contributed by atoms with Crippen molar-refractivity contribution in [1.82, 2.24) is 9.55 Å². The summed E-state index contributed by atoms with van der Waals surface area (Å²) >= 11 is 1.86. The molecule has 0 aliphatic carbocycles. The lowest BCUT2D eigenvalue weighted by molar-refractivity contribution is -0.386. The van der Waals surface area contributed by atoms with E-state index in [0.717, 1.165) is 0 Å². The number of nitro groups is 1. The van der Waals surface area contributed by atoms with E-state index in [9.17, 15) is 19.7 Å². The van der Waals surface area contributed by atoms with Crippen LogP contribution in [0.25, 0.3) is 0 Å². The van der Waals surface area contributed by atoms with Gasteiger partial charge in [0, 0.05) is 18.7 Å². The SMILES string of the molecule is CC(C)(C)[Si](C)(C)OC[C@H]1O[C@@H](n2cc(I)c(=O)[nH]c2=O)CC1OCc1ccccc1[N+](=O)[O-]. The van der Waals surface area contributed by atoms with Crippen LogP contribution in [0.1, 0.15) is 39.0 Å². The van der Waals surface area contributed by atoms with E-state index in [2.05, 4.69) is 38.8 Å². The summed E-state index contributed by atoms with van der Waals surface area (Å²) in [6.07, 6.45) is 0.169. The Labute approximate surface area is 212 Å². The number of halogens is 1. The summed E-state index contributed by atoms with van der Waals surface area (Å²) in [6.45, 7) is 11.0. The third kappa shape index (κ3) is 6.03. The number of aromatic nitrogens is 2. The molecule has 0 spiro atoms. The van der Waals surface area contributed by atoms with E-state index in [4.69, 9.17) is 13.9 Å². The largest absolute Gasteiger partial charge is 0.414 e. The minimum absolute atomic E-state index is 0.00201. The van der Waals surface area contributed by atoms with Gasteiger partial charge in [0.05, 0.1) is 33.4 Å². The van der Waals surface area contributed by atoms with Gasteiger partial charge < -0.3 is 13.9 Å². The molecule has 1 aromatic heterocycles. The quantitative estimate of drug-likeness (QED) is 0.210. The molecular formula is C22H30IN3O7Si. The number of ether oxygens (including phenoxy) is 2. The minimum Gasteiger partial charge on any atom is -0.414 e. The first-order chi connectivity index (χ1) is 15.8. The maximum atomic E-state index is 12.4. The van der Waals surface area contributed by atoms with E-state index in [1.54, 1.807) is 18.2 Å². The van der Waals surface area contributed by atoms with Crippen molar-refractivity contribution in [2.75, 3.05) is 6.61 Å². The fourth-order valence-electron chi connectivity index (χ4n) is 3.39. The monoisotopic (exact) mass is 603 g/mol. The van der Waals surface area contributed by atoms with Gasteiger partial charge in [0.15, 0.2) is 8.32 Å². The molecule has 1 aliphatic heterocycles. The number of rotatable bonds is 8. The molecule has 10 nitrogen and oxygen atoms in total. The number of para-hydroxylation sites is 1. The van der Waals surface area contributed by atoms with Gasteiger partial charge in [-0.1, -0.05) is 32.9 Å².